The van der Waals surface area contributed by atoms with Gasteiger partial charge in [0, 0.05) is 12.8 Å². The summed E-state index contributed by atoms with van der Waals surface area (Å²) in [6.07, 6.45) is 0. The third-order valence-electron chi connectivity index (χ3n) is 4.00. The van der Waals surface area contributed by atoms with Gasteiger partial charge in [0.2, 0.25) is 0 Å². The molecule has 3 aromatic rings. The van der Waals surface area contributed by atoms with Gasteiger partial charge in [-0.05, 0) is 54.1 Å². The number of rotatable bonds is 8. The molecule has 0 spiro atoms. The number of nitrogens with zero attached hydrogens (tertiary/aromatic N) is 2. The lowest BCUT2D eigenvalue weighted by Gasteiger charge is -2.08. The standard InChI is InChI=1S/C23H21N3O4/c1-29-15-17-6-5-7-18(14-17)23(28)30-16-22(27)24-19-10-12-21(13-11-19)26-25-20-8-3-2-4-9-20/h2-14H,15-16H2,1H3,(H,24,27). The SMILES string of the molecule is COCc1cccc(C(=O)OCC(=O)Nc2ccc(N=Nc3ccccc3)cc2)c1. The van der Waals surface area contributed by atoms with Gasteiger partial charge in [-0.3, -0.25) is 4.79 Å². The summed E-state index contributed by atoms with van der Waals surface area (Å²) in [4.78, 5) is 24.2. The van der Waals surface area contributed by atoms with E-state index in [2.05, 4.69) is 15.5 Å². The minimum absolute atomic E-state index is 0.366. The highest BCUT2D eigenvalue weighted by Gasteiger charge is 2.11. The zero-order chi connectivity index (χ0) is 21.2. The van der Waals surface area contributed by atoms with Gasteiger partial charge in [-0.2, -0.15) is 10.2 Å². The highest BCUT2D eigenvalue weighted by molar-refractivity contribution is 5.95. The molecule has 0 atom stereocenters. The average molecular weight is 403 g/mol. The fourth-order valence-electron chi connectivity index (χ4n) is 2.59. The van der Waals surface area contributed by atoms with Crippen LogP contribution in [0.4, 0.5) is 17.1 Å². The highest BCUT2D eigenvalue weighted by Crippen LogP contribution is 2.20. The van der Waals surface area contributed by atoms with Crippen molar-refractivity contribution in [1.29, 1.82) is 0 Å². The number of amides is 1. The Balaban J connectivity index is 1.49. The van der Waals surface area contributed by atoms with Crippen molar-refractivity contribution in [2.24, 2.45) is 10.2 Å². The summed E-state index contributed by atoms with van der Waals surface area (Å²) in [6.45, 7) is 0.00528. The third-order valence-corrected chi connectivity index (χ3v) is 4.00. The van der Waals surface area contributed by atoms with E-state index in [0.29, 0.717) is 23.5 Å². The van der Waals surface area contributed by atoms with Crippen molar-refractivity contribution in [3.63, 3.8) is 0 Å². The summed E-state index contributed by atoms with van der Waals surface area (Å²) in [5.74, 6) is -1.00. The molecule has 0 bridgehead atoms. The van der Waals surface area contributed by atoms with Crippen LogP contribution in [0.3, 0.4) is 0 Å². The highest BCUT2D eigenvalue weighted by atomic mass is 16.5. The van der Waals surface area contributed by atoms with E-state index in [4.69, 9.17) is 9.47 Å². The zero-order valence-corrected chi connectivity index (χ0v) is 16.4. The lowest BCUT2D eigenvalue weighted by atomic mass is 10.1. The Hall–Kier alpha value is -3.84. The Kier molecular flexibility index (Phi) is 7.40. The summed E-state index contributed by atoms with van der Waals surface area (Å²) < 4.78 is 10.1. The molecule has 0 fully saturated rings. The van der Waals surface area contributed by atoms with Crippen LogP contribution in [0.1, 0.15) is 15.9 Å². The van der Waals surface area contributed by atoms with Crippen LogP contribution in [0, 0.1) is 0 Å². The van der Waals surface area contributed by atoms with Crippen molar-refractivity contribution >= 4 is 28.9 Å². The number of anilines is 1. The molecule has 3 aromatic carbocycles. The quantitative estimate of drug-likeness (QED) is 0.421. The van der Waals surface area contributed by atoms with E-state index >= 15 is 0 Å². The molecule has 0 aliphatic rings. The molecule has 0 radical (unpaired) electrons. The second kappa shape index (κ2) is 10.6. The van der Waals surface area contributed by atoms with E-state index in [-0.39, 0.29) is 6.61 Å². The van der Waals surface area contributed by atoms with E-state index in [9.17, 15) is 9.59 Å². The van der Waals surface area contributed by atoms with Crippen molar-refractivity contribution in [3.05, 3.63) is 90.0 Å². The lowest BCUT2D eigenvalue weighted by Crippen LogP contribution is -2.20. The van der Waals surface area contributed by atoms with Crippen molar-refractivity contribution in [1.82, 2.24) is 0 Å². The number of carbonyl (C=O) groups is 2. The summed E-state index contributed by atoms with van der Waals surface area (Å²) >= 11 is 0. The Bertz CT molecular complexity index is 1020. The monoisotopic (exact) mass is 403 g/mol. The van der Waals surface area contributed by atoms with Gasteiger partial charge < -0.3 is 14.8 Å². The molecular formula is C23H21N3O4. The van der Waals surface area contributed by atoms with Crippen LogP contribution in [0.25, 0.3) is 0 Å². The first-order valence-electron chi connectivity index (χ1n) is 9.26. The molecule has 1 amide bonds. The van der Waals surface area contributed by atoms with E-state index in [0.717, 1.165) is 11.3 Å². The fourth-order valence-corrected chi connectivity index (χ4v) is 2.59. The fraction of sp³-hybridized carbons (Fsp3) is 0.130. The van der Waals surface area contributed by atoms with Gasteiger partial charge in [0.05, 0.1) is 23.5 Å². The molecule has 0 saturated carbocycles. The predicted octanol–water partition coefficient (Wildman–Crippen LogP) is 5.04. The summed E-state index contributed by atoms with van der Waals surface area (Å²) in [6, 6.07) is 23.1. The van der Waals surface area contributed by atoms with Gasteiger partial charge in [-0.25, -0.2) is 4.79 Å². The molecule has 3 rings (SSSR count). The molecular weight excluding hydrogens is 382 g/mol. The van der Waals surface area contributed by atoms with Gasteiger partial charge in [0.25, 0.3) is 5.91 Å². The van der Waals surface area contributed by atoms with Crippen molar-refractivity contribution in [3.8, 4) is 0 Å². The van der Waals surface area contributed by atoms with Crippen molar-refractivity contribution in [2.75, 3.05) is 19.0 Å². The summed E-state index contributed by atoms with van der Waals surface area (Å²) in [5.41, 5.74) is 3.19. The van der Waals surface area contributed by atoms with E-state index in [1.165, 1.54) is 0 Å². The van der Waals surface area contributed by atoms with Gasteiger partial charge in [-0.1, -0.05) is 30.3 Å². The minimum Gasteiger partial charge on any atom is -0.452 e. The Morgan fingerprint density at radius 3 is 2.27 bits per heavy atom. The molecule has 0 heterocycles. The van der Waals surface area contributed by atoms with E-state index < -0.39 is 11.9 Å². The van der Waals surface area contributed by atoms with Gasteiger partial charge in [0.15, 0.2) is 6.61 Å². The minimum atomic E-state index is -0.570. The van der Waals surface area contributed by atoms with Crippen LogP contribution in [-0.4, -0.2) is 25.6 Å². The molecule has 7 nitrogen and oxygen atoms in total. The average Bonchev–Trinajstić information content (AvgIpc) is 2.78. The van der Waals surface area contributed by atoms with Crippen LogP contribution in [0.15, 0.2) is 89.1 Å². The first-order chi connectivity index (χ1) is 14.6. The number of ether oxygens (including phenoxy) is 2. The van der Waals surface area contributed by atoms with Gasteiger partial charge in [0.1, 0.15) is 0 Å². The van der Waals surface area contributed by atoms with Crippen LogP contribution in [0.2, 0.25) is 0 Å². The number of hydrogen-bond donors (Lipinski definition) is 1. The second-order valence-electron chi connectivity index (χ2n) is 6.34. The number of hydrogen-bond acceptors (Lipinski definition) is 6. The third kappa shape index (κ3) is 6.35. The number of methoxy groups -OCH3 is 1. The molecule has 0 saturated heterocycles. The first kappa shape index (κ1) is 20.9. The summed E-state index contributed by atoms with van der Waals surface area (Å²) in [7, 11) is 1.58. The molecule has 0 aliphatic carbocycles. The molecule has 0 unspecified atom stereocenters. The number of esters is 1. The van der Waals surface area contributed by atoms with Crippen LogP contribution < -0.4 is 5.32 Å². The van der Waals surface area contributed by atoms with Crippen LogP contribution in [-0.2, 0) is 20.9 Å². The smallest absolute Gasteiger partial charge is 0.338 e. The van der Waals surface area contributed by atoms with Gasteiger partial charge in [-0.15, -0.1) is 0 Å². The largest absolute Gasteiger partial charge is 0.452 e. The maximum Gasteiger partial charge on any atom is 0.338 e. The topological polar surface area (TPSA) is 89.3 Å². The zero-order valence-electron chi connectivity index (χ0n) is 16.4. The number of carbonyl (C=O) groups excluding carboxylic acids is 2. The predicted molar refractivity (Wildman–Crippen MR) is 113 cm³/mol. The molecule has 1 N–H and O–H groups in total. The normalized spacial score (nSPS) is 10.7. The summed E-state index contributed by atoms with van der Waals surface area (Å²) in [5, 5.41) is 11.0. The van der Waals surface area contributed by atoms with Crippen LogP contribution >= 0.6 is 0 Å². The van der Waals surface area contributed by atoms with Gasteiger partial charge >= 0.3 is 5.97 Å². The number of benzene rings is 3. The Morgan fingerprint density at radius 2 is 1.57 bits per heavy atom. The molecule has 7 heteroatoms. The van der Waals surface area contributed by atoms with E-state index in [1.807, 2.05) is 36.4 Å². The number of nitrogens with one attached hydrogen (secondary N) is 1. The maximum absolute atomic E-state index is 12.1. The number of azo groups is 1. The molecule has 0 aromatic heterocycles. The maximum atomic E-state index is 12.1. The van der Waals surface area contributed by atoms with E-state index in [1.54, 1.807) is 49.6 Å². The Morgan fingerprint density at radius 1 is 0.867 bits per heavy atom. The Labute approximate surface area is 174 Å². The molecule has 30 heavy (non-hydrogen) atoms. The lowest BCUT2D eigenvalue weighted by molar-refractivity contribution is -0.119. The first-order valence-corrected chi connectivity index (χ1v) is 9.26. The molecule has 152 valence electrons. The van der Waals surface area contributed by atoms with Crippen molar-refractivity contribution < 1.29 is 19.1 Å². The van der Waals surface area contributed by atoms with Crippen LogP contribution in [0.5, 0.6) is 0 Å². The second-order valence-corrected chi connectivity index (χ2v) is 6.34. The molecule has 0 aliphatic heterocycles. The van der Waals surface area contributed by atoms with Crippen molar-refractivity contribution in [2.45, 2.75) is 6.61 Å².